The average Bonchev–Trinajstić information content (AvgIpc) is 2.88. The van der Waals surface area contributed by atoms with Crippen LogP contribution in [0.4, 0.5) is 0 Å². The second-order valence-electron chi connectivity index (χ2n) is 4.59. The molecule has 0 amide bonds. The Balaban J connectivity index is 1.91. The van der Waals surface area contributed by atoms with Crippen LogP contribution in [0.15, 0.2) is 6.20 Å². The highest BCUT2D eigenvalue weighted by atomic mass is 16.4. The second kappa shape index (κ2) is 5.31. The van der Waals surface area contributed by atoms with Crippen molar-refractivity contribution in [2.24, 2.45) is 7.05 Å². The van der Waals surface area contributed by atoms with Crippen LogP contribution in [0.25, 0.3) is 0 Å². The minimum atomic E-state index is -0.829. The van der Waals surface area contributed by atoms with E-state index >= 15 is 0 Å². The number of aromatic nitrogens is 2. The average molecular weight is 237 g/mol. The molecule has 0 unspecified atom stereocenters. The van der Waals surface area contributed by atoms with E-state index in [1.807, 2.05) is 11.6 Å². The van der Waals surface area contributed by atoms with Crippen molar-refractivity contribution >= 4 is 5.97 Å². The molecule has 1 fully saturated rings. The molecular formula is C12H19N3O2. The second-order valence-corrected chi connectivity index (χ2v) is 4.59. The first-order valence-corrected chi connectivity index (χ1v) is 6.10. The van der Waals surface area contributed by atoms with Crippen LogP contribution in [0.5, 0.6) is 0 Å². The topological polar surface area (TPSA) is 58.4 Å². The summed E-state index contributed by atoms with van der Waals surface area (Å²) >= 11 is 0. The van der Waals surface area contributed by atoms with E-state index < -0.39 is 5.97 Å². The fourth-order valence-electron chi connectivity index (χ4n) is 2.30. The van der Waals surface area contributed by atoms with Gasteiger partial charge >= 0.3 is 5.97 Å². The first-order chi connectivity index (χ1) is 8.16. The Morgan fingerprint density at radius 3 is 2.82 bits per heavy atom. The predicted molar refractivity (Wildman–Crippen MR) is 63.9 cm³/mol. The standard InChI is InChI=1S/C12H19N3O2/c1-14-10(4-7-15-5-2-3-6-15)9-13-11(14)8-12(16)17/h9H,2-8H2,1H3,(H,16,17). The van der Waals surface area contributed by atoms with Crippen molar-refractivity contribution in [1.29, 1.82) is 0 Å². The van der Waals surface area contributed by atoms with Gasteiger partial charge in [-0.25, -0.2) is 4.98 Å². The van der Waals surface area contributed by atoms with Crippen molar-refractivity contribution in [3.8, 4) is 0 Å². The van der Waals surface area contributed by atoms with Gasteiger partial charge in [-0.2, -0.15) is 0 Å². The summed E-state index contributed by atoms with van der Waals surface area (Å²) < 4.78 is 1.91. The molecular weight excluding hydrogens is 218 g/mol. The largest absolute Gasteiger partial charge is 0.481 e. The van der Waals surface area contributed by atoms with Crippen LogP contribution in [0.3, 0.4) is 0 Å². The summed E-state index contributed by atoms with van der Waals surface area (Å²) in [7, 11) is 1.89. The highest BCUT2D eigenvalue weighted by molar-refractivity contribution is 5.69. The van der Waals surface area contributed by atoms with Gasteiger partial charge in [-0.1, -0.05) is 0 Å². The van der Waals surface area contributed by atoms with Gasteiger partial charge in [0.2, 0.25) is 0 Å². The lowest BCUT2D eigenvalue weighted by atomic mass is 10.3. The number of imidazole rings is 1. The maximum absolute atomic E-state index is 10.6. The zero-order chi connectivity index (χ0) is 12.3. The van der Waals surface area contributed by atoms with Gasteiger partial charge in [0.1, 0.15) is 12.2 Å². The zero-order valence-electron chi connectivity index (χ0n) is 10.2. The van der Waals surface area contributed by atoms with Gasteiger partial charge in [0, 0.05) is 31.9 Å². The van der Waals surface area contributed by atoms with Crippen LogP contribution >= 0.6 is 0 Å². The van der Waals surface area contributed by atoms with E-state index in [2.05, 4.69) is 9.88 Å². The van der Waals surface area contributed by atoms with E-state index in [0.29, 0.717) is 5.82 Å². The molecule has 1 N–H and O–H groups in total. The summed E-state index contributed by atoms with van der Waals surface area (Å²) in [6.45, 7) is 3.44. The molecule has 0 radical (unpaired) electrons. The quantitative estimate of drug-likeness (QED) is 0.818. The van der Waals surface area contributed by atoms with Crippen molar-refractivity contribution < 1.29 is 9.90 Å². The van der Waals surface area contributed by atoms with Crippen LogP contribution in [0.1, 0.15) is 24.4 Å². The number of rotatable bonds is 5. The highest BCUT2D eigenvalue weighted by Gasteiger charge is 2.13. The summed E-state index contributed by atoms with van der Waals surface area (Å²) in [5.74, 6) is -0.196. The Kier molecular flexibility index (Phi) is 3.78. The molecule has 1 aromatic heterocycles. The fraction of sp³-hybridized carbons (Fsp3) is 0.667. The first-order valence-electron chi connectivity index (χ1n) is 6.10. The third-order valence-electron chi connectivity index (χ3n) is 3.37. The number of hydrogen-bond acceptors (Lipinski definition) is 3. The zero-order valence-corrected chi connectivity index (χ0v) is 10.2. The Bertz CT molecular complexity index is 394. The third kappa shape index (κ3) is 3.06. The van der Waals surface area contributed by atoms with Crippen LogP contribution in [-0.4, -0.2) is 45.2 Å². The van der Waals surface area contributed by atoms with Gasteiger partial charge in [-0.05, 0) is 25.9 Å². The molecule has 5 nitrogen and oxygen atoms in total. The van der Waals surface area contributed by atoms with Gasteiger partial charge in [0.15, 0.2) is 0 Å². The van der Waals surface area contributed by atoms with Crippen LogP contribution in [-0.2, 0) is 24.7 Å². The summed E-state index contributed by atoms with van der Waals surface area (Å²) in [5, 5.41) is 8.74. The molecule has 0 aliphatic carbocycles. The molecule has 0 aromatic carbocycles. The number of likely N-dealkylation sites (tertiary alicyclic amines) is 1. The molecule has 1 aliphatic heterocycles. The number of carbonyl (C=O) groups is 1. The molecule has 17 heavy (non-hydrogen) atoms. The van der Waals surface area contributed by atoms with E-state index in [4.69, 9.17) is 5.11 Å². The minimum Gasteiger partial charge on any atom is -0.481 e. The van der Waals surface area contributed by atoms with E-state index in [1.54, 1.807) is 6.20 Å². The van der Waals surface area contributed by atoms with Crippen molar-refractivity contribution in [2.75, 3.05) is 19.6 Å². The van der Waals surface area contributed by atoms with Crippen LogP contribution < -0.4 is 0 Å². The van der Waals surface area contributed by atoms with Crippen molar-refractivity contribution in [3.05, 3.63) is 17.7 Å². The Hall–Kier alpha value is -1.36. The third-order valence-corrected chi connectivity index (χ3v) is 3.37. The van der Waals surface area contributed by atoms with Crippen molar-refractivity contribution in [3.63, 3.8) is 0 Å². The number of nitrogens with zero attached hydrogens (tertiary/aromatic N) is 3. The Morgan fingerprint density at radius 2 is 2.18 bits per heavy atom. The van der Waals surface area contributed by atoms with E-state index in [1.165, 1.54) is 25.9 Å². The molecule has 94 valence electrons. The lowest BCUT2D eigenvalue weighted by molar-refractivity contribution is -0.136. The molecule has 1 aliphatic rings. The fourth-order valence-corrected chi connectivity index (χ4v) is 2.30. The van der Waals surface area contributed by atoms with Gasteiger partial charge in [0.05, 0.1) is 0 Å². The lowest BCUT2D eigenvalue weighted by Gasteiger charge is -2.14. The monoisotopic (exact) mass is 237 g/mol. The van der Waals surface area contributed by atoms with E-state index in [-0.39, 0.29) is 6.42 Å². The van der Waals surface area contributed by atoms with Gasteiger partial charge in [-0.15, -0.1) is 0 Å². The maximum atomic E-state index is 10.6. The summed E-state index contributed by atoms with van der Waals surface area (Å²) in [5.41, 5.74) is 1.12. The van der Waals surface area contributed by atoms with Crippen LogP contribution in [0.2, 0.25) is 0 Å². The van der Waals surface area contributed by atoms with Crippen molar-refractivity contribution in [2.45, 2.75) is 25.7 Å². The van der Waals surface area contributed by atoms with E-state index in [0.717, 1.165) is 18.7 Å². The van der Waals surface area contributed by atoms with E-state index in [9.17, 15) is 4.79 Å². The van der Waals surface area contributed by atoms with Gasteiger partial charge in [0.25, 0.3) is 0 Å². The predicted octanol–water partition coefficient (Wildman–Crippen LogP) is 0.685. The lowest BCUT2D eigenvalue weighted by Crippen LogP contribution is -2.22. The highest BCUT2D eigenvalue weighted by Crippen LogP contribution is 2.10. The molecule has 1 aromatic rings. The normalized spacial score (nSPS) is 16.5. The van der Waals surface area contributed by atoms with Gasteiger partial charge < -0.3 is 14.6 Å². The first kappa shape index (κ1) is 12.1. The molecule has 0 spiro atoms. The van der Waals surface area contributed by atoms with Crippen molar-refractivity contribution in [1.82, 2.24) is 14.5 Å². The number of carboxylic acid groups (broad SMARTS) is 1. The molecule has 0 bridgehead atoms. The molecule has 1 saturated heterocycles. The molecule has 2 heterocycles. The smallest absolute Gasteiger partial charge is 0.311 e. The molecule has 2 rings (SSSR count). The SMILES string of the molecule is Cn1c(CCN2CCCC2)cnc1CC(=O)O. The maximum Gasteiger partial charge on any atom is 0.311 e. The molecule has 0 saturated carbocycles. The molecule has 0 atom stereocenters. The van der Waals surface area contributed by atoms with Gasteiger partial charge in [-0.3, -0.25) is 4.79 Å². The molecule has 5 heteroatoms. The number of carboxylic acids is 1. The Morgan fingerprint density at radius 1 is 1.47 bits per heavy atom. The summed E-state index contributed by atoms with van der Waals surface area (Å²) in [4.78, 5) is 17.2. The summed E-state index contributed by atoms with van der Waals surface area (Å²) in [6.07, 6.45) is 5.35. The number of hydrogen-bond donors (Lipinski definition) is 1. The van der Waals surface area contributed by atoms with Crippen LogP contribution in [0, 0.1) is 0 Å². The Labute approximate surface area is 101 Å². The summed E-state index contributed by atoms with van der Waals surface area (Å²) in [6, 6.07) is 0. The number of aliphatic carboxylic acids is 1. The minimum absolute atomic E-state index is 0.000213.